The molecule has 1 N–H and O–H groups in total. The highest BCUT2D eigenvalue weighted by Crippen LogP contribution is 2.67. The molecular formula is C30H48O. The minimum Gasteiger partial charge on any atom is -0.393 e. The first-order chi connectivity index (χ1) is 14.6. The first-order valence-electron chi connectivity index (χ1n) is 13.7. The van der Waals surface area contributed by atoms with Crippen LogP contribution in [-0.2, 0) is 0 Å². The number of allylic oxidation sites excluding steroid dienone is 3. The van der Waals surface area contributed by atoms with Crippen LogP contribution in [0.2, 0.25) is 0 Å². The Balaban J connectivity index is 1.32. The van der Waals surface area contributed by atoms with Crippen LogP contribution in [0.4, 0.5) is 0 Å². The van der Waals surface area contributed by atoms with Gasteiger partial charge in [-0.25, -0.2) is 0 Å². The second-order valence-corrected chi connectivity index (χ2v) is 13.8. The van der Waals surface area contributed by atoms with Gasteiger partial charge in [0.15, 0.2) is 0 Å². The summed E-state index contributed by atoms with van der Waals surface area (Å²) in [7, 11) is 0. The van der Waals surface area contributed by atoms with E-state index >= 15 is 0 Å². The number of hydrogen-bond donors (Lipinski definition) is 1. The third-order valence-corrected chi connectivity index (χ3v) is 11.5. The van der Waals surface area contributed by atoms with Crippen LogP contribution in [-0.4, -0.2) is 11.2 Å². The maximum Gasteiger partial charge on any atom is 0.0577 e. The van der Waals surface area contributed by atoms with E-state index in [2.05, 4.69) is 46.8 Å². The Morgan fingerprint density at radius 3 is 2.52 bits per heavy atom. The molecule has 174 valence electrons. The second-order valence-electron chi connectivity index (χ2n) is 13.8. The molecule has 31 heavy (non-hydrogen) atoms. The second kappa shape index (κ2) is 7.75. The molecule has 0 heterocycles. The van der Waals surface area contributed by atoms with E-state index in [9.17, 15) is 5.11 Å². The molecule has 1 nitrogen and oxygen atoms in total. The zero-order valence-electron chi connectivity index (χ0n) is 21.1. The van der Waals surface area contributed by atoms with Gasteiger partial charge >= 0.3 is 0 Å². The maximum absolute atomic E-state index is 10.3. The molecule has 8 atom stereocenters. The van der Waals surface area contributed by atoms with Crippen LogP contribution in [0.1, 0.15) is 112 Å². The molecule has 0 aliphatic heterocycles. The zero-order valence-corrected chi connectivity index (χ0v) is 21.1. The molecule has 5 aliphatic carbocycles. The van der Waals surface area contributed by atoms with E-state index in [1.165, 1.54) is 64.2 Å². The normalized spacial score (nSPS) is 47.5. The summed E-state index contributed by atoms with van der Waals surface area (Å²) in [6.45, 7) is 12.7. The van der Waals surface area contributed by atoms with Crippen molar-refractivity contribution in [1.29, 1.82) is 0 Å². The van der Waals surface area contributed by atoms with E-state index in [0.29, 0.717) is 16.2 Å². The van der Waals surface area contributed by atoms with Gasteiger partial charge in [0.2, 0.25) is 0 Å². The SMILES string of the molecule is C[C@H](CC1=CCC(C)(C)CC1)[C@H]1CC[C@H]2[C@@H]3CC=C4C[C@@H](O)CC[C@]4(C)[C@H]3CC[C@]12C. The molecule has 5 rings (SSSR count). The summed E-state index contributed by atoms with van der Waals surface area (Å²) < 4.78 is 0. The summed E-state index contributed by atoms with van der Waals surface area (Å²) in [6.07, 6.45) is 20.8. The zero-order chi connectivity index (χ0) is 22.0. The fourth-order valence-corrected chi connectivity index (χ4v) is 9.48. The molecule has 0 radical (unpaired) electrons. The first-order valence-corrected chi connectivity index (χ1v) is 13.7. The van der Waals surface area contributed by atoms with Crippen molar-refractivity contribution >= 4 is 0 Å². The van der Waals surface area contributed by atoms with Gasteiger partial charge in [0, 0.05) is 0 Å². The lowest BCUT2D eigenvalue weighted by molar-refractivity contribution is -0.0567. The standard InChI is InChI=1S/C30H48O/c1-20(18-21-10-14-28(2,3)15-11-21)25-8-9-26-24-7-6-22-19-23(31)12-16-29(22,4)27(24)13-17-30(25,26)5/h6,10,20,23-27,31H,7-9,11-19H2,1-5H3/t20-,23+,24+,25-,26+,27+,29+,30-/m1/s1. The Morgan fingerprint density at radius 2 is 1.77 bits per heavy atom. The van der Waals surface area contributed by atoms with Gasteiger partial charge in [-0.2, -0.15) is 0 Å². The number of rotatable bonds is 3. The fourth-order valence-electron chi connectivity index (χ4n) is 9.48. The van der Waals surface area contributed by atoms with Crippen LogP contribution in [0.15, 0.2) is 23.3 Å². The third kappa shape index (κ3) is 3.70. The number of fused-ring (bicyclic) bond motifs is 5. The molecule has 0 aromatic rings. The largest absolute Gasteiger partial charge is 0.393 e. The van der Waals surface area contributed by atoms with Gasteiger partial charge in [-0.1, -0.05) is 57.9 Å². The molecule has 0 amide bonds. The molecule has 0 unspecified atom stereocenters. The Bertz CT molecular complexity index is 758. The average Bonchev–Trinajstić information content (AvgIpc) is 3.07. The van der Waals surface area contributed by atoms with Crippen molar-refractivity contribution in [3.05, 3.63) is 23.3 Å². The summed E-state index contributed by atoms with van der Waals surface area (Å²) in [4.78, 5) is 0. The Kier molecular flexibility index (Phi) is 5.56. The number of hydrogen-bond acceptors (Lipinski definition) is 1. The topological polar surface area (TPSA) is 20.2 Å². The van der Waals surface area contributed by atoms with Crippen molar-refractivity contribution in [1.82, 2.24) is 0 Å². The van der Waals surface area contributed by atoms with Crippen molar-refractivity contribution in [2.45, 2.75) is 118 Å². The molecule has 0 bridgehead atoms. The molecule has 0 saturated heterocycles. The van der Waals surface area contributed by atoms with Gasteiger partial charge in [-0.05, 0) is 123 Å². The highest BCUT2D eigenvalue weighted by Gasteiger charge is 2.59. The van der Waals surface area contributed by atoms with Crippen molar-refractivity contribution in [3.8, 4) is 0 Å². The summed E-state index contributed by atoms with van der Waals surface area (Å²) >= 11 is 0. The van der Waals surface area contributed by atoms with E-state index in [4.69, 9.17) is 0 Å². The van der Waals surface area contributed by atoms with Crippen LogP contribution in [0.3, 0.4) is 0 Å². The van der Waals surface area contributed by atoms with E-state index in [1.54, 1.807) is 11.1 Å². The first kappa shape index (κ1) is 22.2. The van der Waals surface area contributed by atoms with Gasteiger partial charge < -0.3 is 5.11 Å². The van der Waals surface area contributed by atoms with Gasteiger partial charge in [0.25, 0.3) is 0 Å². The quantitative estimate of drug-likeness (QED) is 0.454. The molecule has 1 heteroatoms. The van der Waals surface area contributed by atoms with E-state index in [1.807, 2.05) is 0 Å². The monoisotopic (exact) mass is 424 g/mol. The summed E-state index contributed by atoms with van der Waals surface area (Å²) in [5, 5.41) is 10.3. The molecule has 5 aliphatic rings. The molecule has 0 aromatic heterocycles. The van der Waals surface area contributed by atoms with Crippen LogP contribution in [0, 0.1) is 45.8 Å². The minimum atomic E-state index is -0.0823. The van der Waals surface area contributed by atoms with E-state index in [0.717, 1.165) is 42.4 Å². The van der Waals surface area contributed by atoms with E-state index < -0.39 is 0 Å². The Labute approximate surface area is 192 Å². The highest BCUT2D eigenvalue weighted by molar-refractivity contribution is 5.25. The van der Waals surface area contributed by atoms with Crippen molar-refractivity contribution in [2.24, 2.45) is 45.8 Å². The number of aliphatic hydroxyl groups excluding tert-OH is 1. The van der Waals surface area contributed by atoms with Crippen molar-refractivity contribution in [2.75, 3.05) is 0 Å². The lowest BCUT2D eigenvalue weighted by Gasteiger charge is -2.58. The lowest BCUT2D eigenvalue weighted by Crippen LogP contribution is -2.50. The summed E-state index contributed by atoms with van der Waals surface area (Å²) in [5.41, 5.74) is 4.85. The number of aliphatic hydroxyl groups is 1. The molecule has 3 saturated carbocycles. The van der Waals surface area contributed by atoms with Crippen molar-refractivity contribution < 1.29 is 5.11 Å². The van der Waals surface area contributed by atoms with E-state index in [-0.39, 0.29) is 6.10 Å². The van der Waals surface area contributed by atoms with Gasteiger partial charge in [0.05, 0.1) is 6.10 Å². The van der Waals surface area contributed by atoms with Gasteiger partial charge in [-0.15, -0.1) is 0 Å². The molecule has 3 fully saturated rings. The van der Waals surface area contributed by atoms with Crippen LogP contribution >= 0.6 is 0 Å². The summed E-state index contributed by atoms with van der Waals surface area (Å²) in [6, 6.07) is 0. The predicted molar refractivity (Wildman–Crippen MR) is 131 cm³/mol. The lowest BCUT2D eigenvalue weighted by atomic mass is 9.47. The fraction of sp³-hybridized carbons (Fsp3) is 0.867. The minimum absolute atomic E-state index is 0.0823. The molecular weight excluding hydrogens is 376 g/mol. The molecule has 0 spiro atoms. The van der Waals surface area contributed by atoms with Gasteiger partial charge in [-0.3, -0.25) is 0 Å². The van der Waals surface area contributed by atoms with Crippen LogP contribution in [0.5, 0.6) is 0 Å². The van der Waals surface area contributed by atoms with Gasteiger partial charge in [0.1, 0.15) is 0 Å². The predicted octanol–water partition coefficient (Wildman–Crippen LogP) is 8.09. The average molecular weight is 425 g/mol. The van der Waals surface area contributed by atoms with Crippen LogP contribution < -0.4 is 0 Å². The van der Waals surface area contributed by atoms with Crippen molar-refractivity contribution in [3.63, 3.8) is 0 Å². The highest BCUT2D eigenvalue weighted by atomic mass is 16.3. The Hall–Kier alpha value is -0.560. The summed E-state index contributed by atoms with van der Waals surface area (Å²) in [5.74, 6) is 4.46. The smallest absolute Gasteiger partial charge is 0.0577 e. The molecule has 0 aromatic carbocycles. The maximum atomic E-state index is 10.3. The Morgan fingerprint density at radius 1 is 0.968 bits per heavy atom. The third-order valence-electron chi connectivity index (χ3n) is 11.5. The van der Waals surface area contributed by atoms with Crippen LogP contribution in [0.25, 0.3) is 0 Å².